The molecule has 1 nitrogen and oxygen atoms in total. The molecule has 1 unspecified atom stereocenters. The van der Waals surface area contributed by atoms with E-state index in [0.29, 0.717) is 0 Å². The Bertz CT molecular complexity index is 242. The lowest BCUT2D eigenvalue weighted by Gasteiger charge is -2.13. The van der Waals surface area contributed by atoms with E-state index in [0.717, 1.165) is 18.4 Å². The van der Waals surface area contributed by atoms with Crippen LogP contribution in [-0.4, -0.2) is 13.1 Å². The summed E-state index contributed by atoms with van der Waals surface area (Å²) in [5.41, 5.74) is 1.48. The van der Waals surface area contributed by atoms with Gasteiger partial charge in [0, 0.05) is 12.5 Å². The van der Waals surface area contributed by atoms with Gasteiger partial charge in [-0.1, -0.05) is 37.3 Å². The Morgan fingerprint density at radius 1 is 1.17 bits per heavy atom. The van der Waals surface area contributed by atoms with Crippen LogP contribution >= 0.6 is 0 Å². The number of nitrogens with one attached hydrogen (secondary N) is 1. The summed E-state index contributed by atoms with van der Waals surface area (Å²) in [5, 5.41) is 3.42. The molecule has 1 saturated heterocycles. The normalized spacial score (nSPS) is 29.1. The van der Waals surface area contributed by atoms with Crippen molar-refractivity contribution in [1.82, 2.24) is 5.32 Å². The van der Waals surface area contributed by atoms with E-state index in [9.17, 15) is 0 Å². The minimum Gasteiger partial charge on any atom is -0.316 e. The molecule has 0 aromatic heterocycles. The second-order valence-corrected chi connectivity index (χ2v) is 3.65. The van der Waals surface area contributed by atoms with Gasteiger partial charge in [-0.05, 0) is 18.0 Å². The fraction of sp³-hybridized carbons (Fsp3) is 0.455. The van der Waals surface area contributed by atoms with Gasteiger partial charge in [0.05, 0.1) is 0 Å². The number of hydrogen-bond donors (Lipinski definition) is 1. The zero-order valence-electron chi connectivity index (χ0n) is 7.46. The van der Waals surface area contributed by atoms with E-state index in [4.69, 9.17) is 0 Å². The smallest absolute Gasteiger partial charge is 0.00233 e. The summed E-state index contributed by atoms with van der Waals surface area (Å²) in [6, 6.07) is 10.8. The van der Waals surface area contributed by atoms with Crippen LogP contribution in [0.1, 0.15) is 18.4 Å². The Balaban J connectivity index is 2.19. The summed E-state index contributed by atoms with van der Waals surface area (Å²) in [5.74, 6) is 1.51. The second-order valence-electron chi connectivity index (χ2n) is 3.65. The molecule has 1 fully saturated rings. The molecule has 1 aromatic carbocycles. The third kappa shape index (κ3) is 1.37. The van der Waals surface area contributed by atoms with E-state index in [2.05, 4.69) is 42.6 Å². The molecule has 1 N–H and O–H groups in total. The van der Waals surface area contributed by atoms with Gasteiger partial charge in [-0.3, -0.25) is 0 Å². The van der Waals surface area contributed by atoms with Gasteiger partial charge >= 0.3 is 0 Å². The molecule has 1 aromatic rings. The first-order valence-corrected chi connectivity index (χ1v) is 4.63. The van der Waals surface area contributed by atoms with Crippen LogP contribution in [0.4, 0.5) is 0 Å². The van der Waals surface area contributed by atoms with E-state index in [1.165, 1.54) is 12.1 Å². The maximum absolute atomic E-state index is 3.42. The first-order valence-electron chi connectivity index (χ1n) is 4.63. The molecule has 1 aliphatic heterocycles. The number of benzene rings is 1. The van der Waals surface area contributed by atoms with Crippen molar-refractivity contribution in [3.05, 3.63) is 35.9 Å². The van der Waals surface area contributed by atoms with Crippen LogP contribution in [0.15, 0.2) is 30.3 Å². The quantitative estimate of drug-likeness (QED) is 0.664. The molecule has 0 bridgehead atoms. The van der Waals surface area contributed by atoms with E-state index >= 15 is 0 Å². The first kappa shape index (κ1) is 7.81. The summed E-state index contributed by atoms with van der Waals surface area (Å²) in [6.45, 7) is 4.63. The van der Waals surface area contributed by atoms with Gasteiger partial charge in [0.2, 0.25) is 0 Å². The molecule has 64 valence electrons. The van der Waals surface area contributed by atoms with Crippen molar-refractivity contribution >= 4 is 0 Å². The highest BCUT2D eigenvalue weighted by atomic mass is 14.9. The molecule has 2 rings (SSSR count). The maximum Gasteiger partial charge on any atom is 0.00233 e. The molecular weight excluding hydrogens is 146 g/mol. The molecule has 1 heterocycles. The van der Waals surface area contributed by atoms with Crippen LogP contribution in [0.3, 0.4) is 0 Å². The van der Waals surface area contributed by atoms with Crippen LogP contribution in [-0.2, 0) is 0 Å². The highest BCUT2D eigenvalue weighted by Gasteiger charge is 2.23. The lowest BCUT2D eigenvalue weighted by molar-refractivity contribution is 0.572. The van der Waals surface area contributed by atoms with Crippen molar-refractivity contribution in [2.24, 2.45) is 5.92 Å². The lowest BCUT2D eigenvalue weighted by Crippen LogP contribution is -2.07. The van der Waals surface area contributed by atoms with Crippen molar-refractivity contribution < 1.29 is 0 Å². The Morgan fingerprint density at radius 2 is 1.92 bits per heavy atom. The average Bonchev–Trinajstić information content (AvgIpc) is 2.53. The monoisotopic (exact) mass is 161 g/mol. The van der Waals surface area contributed by atoms with Gasteiger partial charge in [0.15, 0.2) is 0 Å². The van der Waals surface area contributed by atoms with Crippen LogP contribution in [0.5, 0.6) is 0 Å². The molecule has 0 spiro atoms. The molecule has 0 saturated carbocycles. The SMILES string of the molecule is C[C@@H]1CNCC1c1ccccc1. The fourth-order valence-electron chi connectivity index (χ4n) is 1.96. The van der Waals surface area contributed by atoms with Gasteiger partial charge in [0.1, 0.15) is 0 Å². The topological polar surface area (TPSA) is 12.0 Å². The standard InChI is InChI=1S/C11H15N/c1-9-7-12-8-11(9)10-5-3-2-4-6-10/h2-6,9,11-12H,7-8H2,1H3/t9-,11?/m1/s1. The van der Waals surface area contributed by atoms with Crippen LogP contribution in [0, 0.1) is 5.92 Å². The summed E-state index contributed by atoms with van der Waals surface area (Å²) < 4.78 is 0. The van der Waals surface area contributed by atoms with Crippen molar-refractivity contribution in [1.29, 1.82) is 0 Å². The van der Waals surface area contributed by atoms with Gasteiger partial charge in [-0.15, -0.1) is 0 Å². The molecule has 2 atom stereocenters. The molecule has 1 heteroatoms. The largest absolute Gasteiger partial charge is 0.316 e. The summed E-state index contributed by atoms with van der Waals surface area (Å²) in [4.78, 5) is 0. The van der Waals surface area contributed by atoms with Crippen molar-refractivity contribution in [3.63, 3.8) is 0 Å². The molecule has 0 radical (unpaired) electrons. The van der Waals surface area contributed by atoms with E-state index in [-0.39, 0.29) is 0 Å². The minimum atomic E-state index is 0.728. The zero-order valence-corrected chi connectivity index (χ0v) is 7.46. The van der Waals surface area contributed by atoms with Gasteiger partial charge in [-0.25, -0.2) is 0 Å². The Kier molecular flexibility index (Phi) is 2.13. The first-order chi connectivity index (χ1) is 5.88. The average molecular weight is 161 g/mol. The molecule has 0 aliphatic carbocycles. The van der Waals surface area contributed by atoms with Crippen molar-refractivity contribution in [3.8, 4) is 0 Å². The zero-order chi connectivity index (χ0) is 8.39. The number of rotatable bonds is 1. The number of hydrogen-bond acceptors (Lipinski definition) is 1. The predicted octanol–water partition coefficient (Wildman–Crippen LogP) is 2.01. The van der Waals surface area contributed by atoms with Crippen LogP contribution in [0.2, 0.25) is 0 Å². The molecule has 12 heavy (non-hydrogen) atoms. The molecule has 0 amide bonds. The van der Waals surface area contributed by atoms with Gasteiger partial charge in [-0.2, -0.15) is 0 Å². The summed E-state index contributed by atoms with van der Waals surface area (Å²) in [6.07, 6.45) is 0. The Morgan fingerprint density at radius 3 is 2.50 bits per heavy atom. The van der Waals surface area contributed by atoms with Crippen molar-refractivity contribution in [2.45, 2.75) is 12.8 Å². The third-order valence-electron chi connectivity index (χ3n) is 2.75. The van der Waals surface area contributed by atoms with Crippen molar-refractivity contribution in [2.75, 3.05) is 13.1 Å². The van der Waals surface area contributed by atoms with Crippen LogP contribution < -0.4 is 5.32 Å². The predicted molar refractivity (Wildman–Crippen MR) is 51.2 cm³/mol. The third-order valence-corrected chi connectivity index (χ3v) is 2.75. The Hall–Kier alpha value is -0.820. The summed E-state index contributed by atoms with van der Waals surface area (Å²) in [7, 11) is 0. The molecular formula is C11H15N. The van der Waals surface area contributed by atoms with Gasteiger partial charge in [0.25, 0.3) is 0 Å². The van der Waals surface area contributed by atoms with E-state index < -0.39 is 0 Å². The molecule has 1 aliphatic rings. The van der Waals surface area contributed by atoms with Gasteiger partial charge < -0.3 is 5.32 Å². The lowest BCUT2D eigenvalue weighted by atomic mass is 9.90. The van der Waals surface area contributed by atoms with E-state index in [1.807, 2.05) is 0 Å². The summed E-state index contributed by atoms with van der Waals surface area (Å²) >= 11 is 0. The van der Waals surface area contributed by atoms with E-state index in [1.54, 1.807) is 0 Å². The minimum absolute atomic E-state index is 0.728. The highest BCUT2D eigenvalue weighted by molar-refractivity contribution is 5.21. The Labute approximate surface area is 73.8 Å². The fourth-order valence-corrected chi connectivity index (χ4v) is 1.96. The highest BCUT2D eigenvalue weighted by Crippen LogP contribution is 2.26. The maximum atomic E-state index is 3.42. The van der Waals surface area contributed by atoms with Crippen LogP contribution in [0.25, 0.3) is 0 Å². The second kappa shape index (κ2) is 3.28.